The fraction of sp³-hybridized carbons (Fsp3) is 0.611. The predicted octanol–water partition coefficient (Wildman–Crippen LogP) is 2.55. The van der Waals surface area contributed by atoms with Gasteiger partial charge in [0.05, 0.1) is 6.54 Å². The minimum Gasteiger partial charge on any atom is -0.357 e. The second kappa shape index (κ2) is 9.57. The van der Waals surface area contributed by atoms with Crippen molar-refractivity contribution in [2.75, 3.05) is 32.7 Å². The van der Waals surface area contributed by atoms with Gasteiger partial charge in [-0.15, -0.1) is 0 Å². The Morgan fingerprint density at radius 3 is 2.67 bits per heavy atom. The molecule has 1 unspecified atom stereocenters. The molecule has 0 aromatic heterocycles. The zero-order chi connectivity index (χ0) is 17.4. The van der Waals surface area contributed by atoms with Gasteiger partial charge in [0.15, 0.2) is 5.96 Å². The third-order valence-electron chi connectivity index (χ3n) is 4.44. The van der Waals surface area contributed by atoms with E-state index >= 15 is 0 Å². The first-order valence-corrected chi connectivity index (χ1v) is 8.84. The molecule has 0 amide bonds. The van der Waals surface area contributed by atoms with Crippen LogP contribution in [0.5, 0.6) is 0 Å². The van der Waals surface area contributed by atoms with Gasteiger partial charge < -0.3 is 10.6 Å². The summed E-state index contributed by atoms with van der Waals surface area (Å²) in [7, 11) is 0. The largest absolute Gasteiger partial charge is 0.357 e. The number of likely N-dealkylation sites (N-methyl/N-ethyl adjacent to an activating group) is 1. The summed E-state index contributed by atoms with van der Waals surface area (Å²) in [6.45, 7) is 8.31. The van der Waals surface area contributed by atoms with Gasteiger partial charge in [-0.3, -0.25) is 9.89 Å². The van der Waals surface area contributed by atoms with Crippen LogP contribution < -0.4 is 10.6 Å². The lowest BCUT2D eigenvalue weighted by molar-refractivity contribution is 0.273. The summed E-state index contributed by atoms with van der Waals surface area (Å²) in [4.78, 5) is 7.08. The third-order valence-corrected chi connectivity index (χ3v) is 4.44. The van der Waals surface area contributed by atoms with Crippen LogP contribution in [0.25, 0.3) is 0 Å². The van der Waals surface area contributed by atoms with Crippen molar-refractivity contribution in [1.29, 1.82) is 0 Å². The van der Waals surface area contributed by atoms with Crippen molar-refractivity contribution in [3.8, 4) is 0 Å². The molecule has 1 aliphatic heterocycles. The summed E-state index contributed by atoms with van der Waals surface area (Å²) in [5, 5.41) is 6.36. The number of hydrogen-bond acceptors (Lipinski definition) is 2. The van der Waals surface area contributed by atoms with Crippen LogP contribution in [-0.4, -0.2) is 49.6 Å². The van der Waals surface area contributed by atoms with Gasteiger partial charge in [0.2, 0.25) is 0 Å². The van der Waals surface area contributed by atoms with E-state index in [1.807, 2.05) is 6.92 Å². The standard InChI is InChI=1S/C18H28F2N4/c1-3-21-18(23-13-14-7-6-12-24(14)4-2)22-11-10-15-16(19)8-5-9-17(15)20/h5,8-9,14H,3-4,6-7,10-13H2,1-2H3,(H2,21,22,23). The topological polar surface area (TPSA) is 39.7 Å². The summed E-state index contributed by atoms with van der Waals surface area (Å²) < 4.78 is 27.3. The van der Waals surface area contributed by atoms with Crippen LogP contribution in [0.3, 0.4) is 0 Å². The van der Waals surface area contributed by atoms with Crippen LogP contribution >= 0.6 is 0 Å². The molecule has 24 heavy (non-hydrogen) atoms. The van der Waals surface area contributed by atoms with E-state index in [2.05, 4.69) is 27.4 Å². The van der Waals surface area contributed by atoms with Crippen molar-refractivity contribution in [2.24, 2.45) is 4.99 Å². The maximum Gasteiger partial charge on any atom is 0.191 e. The van der Waals surface area contributed by atoms with Gasteiger partial charge in [0.1, 0.15) is 11.6 Å². The SMILES string of the molecule is CCNC(=NCC1CCCN1CC)NCCc1c(F)cccc1F. The van der Waals surface area contributed by atoms with E-state index < -0.39 is 11.6 Å². The maximum atomic E-state index is 13.6. The van der Waals surface area contributed by atoms with E-state index in [0.717, 1.165) is 26.2 Å². The molecular formula is C18H28F2N4. The van der Waals surface area contributed by atoms with Crippen LogP contribution in [0, 0.1) is 11.6 Å². The summed E-state index contributed by atoms with van der Waals surface area (Å²) >= 11 is 0. The highest BCUT2D eigenvalue weighted by atomic mass is 19.1. The quantitative estimate of drug-likeness (QED) is 0.593. The molecule has 0 saturated carbocycles. The minimum absolute atomic E-state index is 0.119. The van der Waals surface area contributed by atoms with Crippen molar-refractivity contribution < 1.29 is 8.78 Å². The fourth-order valence-electron chi connectivity index (χ4n) is 3.13. The lowest BCUT2D eigenvalue weighted by Gasteiger charge is -2.21. The summed E-state index contributed by atoms with van der Waals surface area (Å²) in [5.41, 5.74) is 0.119. The highest BCUT2D eigenvalue weighted by molar-refractivity contribution is 5.79. The molecule has 1 aliphatic rings. The van der Waals surface area contributed by atoms with Gasteiger partial charge in [0.25, 0.3) is 0 Å². The Morgan fingerprint density at radius 1 is 1.25 bits per heavy atom. The van der Waals surface area contributed by atoms with E-state index in [-0.39, 0.29) is 12.0 Å². The Morgan fingerprint density at radius 2 is 2.00 bits per heavy atom. The first-order chi connectivity index (χ1) is 11.7. The second-order valence-electron chi connectivity index (χ2n) is 6.02. The van der Waals surface area contributed by atoms with Gasteiger partial charge in [-0.1, -0.05) is 13.0 Å². The second-order valence-corrected chi connectivity index (χ2v) is 6.02. The number of rotatable bonds is 7. The number of benzene rings is 1. The normalized spacial score (nSPS) is 18.8. The number of aliphatic imine (C=N–C) groups is 1. The molecule has 1 aromatic carbocycles. The van der Waals surface area contributed by atoms with Crippen LogP contribution in [-0.2, 0) is 6.42 Å². The van der Waals surface area contributed by atoms with Crippen molar-refractivity contribution >= 4 is 5.96 Å². The van der Waals surface area contributed by atoms with E-state index in [0.29, 0.717) is 18.5 Å². The smallest absolute Gasteiger partial charge is 0.191 e. The van der Waals surface area contributed by atoms with Crippen LogP contribution in [0.1, 0.15) is 32.3 Å². The number of halogens is 2. The van der Waals surface area contributed by atoms with Gasteiger partial charge in [-0.05, 0) is 51.4 Å². The highest BCUT2D eigenvalue weighted by Gasteiger charge is 2.22. The average Bonchev–Trinajstić information content (AvgIpc) is 3.02. The lowest BCUT2D eigenvalue weighted by Crippen LogP contribution is -2.40. The molecule has 0 bridgehead atoms. The van der Waals surface area contributed by atoms with Crippen molar-refractivity contribution in [3.63, 3.8) is 0 Å². The summed E-state index contributed by atoms with van der Waals surface area (Å²) in [5.74, 6) is -0.288. The third kappa shape index (κ3) is 5.16. The number of likely N-dealkylation sites (tertiary alicyclic amines) is 1. The molecule has 1 atom stereocenters. The number of nitrogens with zero attached hydrogens (tertiary/aromatic N) is 2. The Balaban J connectivity index is 1.87. The van der Waals surface area contributed by atoms with E-state index in [1.54, 1.807) is 0 Å². The molecule has 6 heteroatoms. The molecule has 1 saturated heterocycles. The number of guanidine groups is 1. The van der Waals surface area contributed by atoms with Gasteiger partial charge in [0, 0.05) is 24.7 Å². The Hall–Kier alpha value is -1.69. The number of nitrogens with one attached hydrogen (secondary N) is 2. The molecule has 0 aliphatic carbocycles. The molecular weight excluding hydrogens is 310 g/mol. The molecule has 2 N–H and O–H groups in total. The molecule has 134 valence electrons. The van der Waals surface area contributed by atoms with Gasteiger partial charge in [-0.2, -0.15) is 0 Å². The summed E-state index contributed by atoms with van der Waals surface area (Å²) in [6, 6.07) is 4.46. The maximum absolute atomic E-state index is 13.6. The van der Waals surface area contributed by atoms with Crippen LogP contribution in [0.4, 0.5) is 8.78 Å². The van der Waals surface area contributed by atoms with Crippen molar-refractivity contribution in [3.05, 3.63) is 35.4 Å². The molecule has 4 nitrogen and oxygen atoms in total. The molecule has 0 spiro atoms. The van der Waals surface area contributed by atoms with E-state index in [4.69, 9.17) is 0 Å². The lowest BCUT2D eigenvalue weighted by atomic mass is 10.1. The molecule has 0 radical (unpaired) electrons. The molecule has 2 rings (SSSR count). The Bertz CT molecular complexity index is 528. The Kier molecular flexibility index (Phi) is 7.43. The molecule has 1 heterocycles. The zero-order valence-corrected chi connectivity index (χ0v) is 14.6. The predicted molar refractivity (Wildman–Crippen MR) is 94.3 cm³/mol. The van der Waals surface area contributed by atoms with Crippen LogP contribution in [0.15, 0.2) is 23.2 Å². The van der Waals surface area contributed by atoms with E-state index in [1.165, 1.54) is 31.0 Å². The Labute approximate surface area is 143 Å². The van der Waals surface area contributed by atoms with Gasteiger partial charge in [-0.25, -0.2) is 8.78 Å². The first kappa shape index (κ1) is 18.6. The first-order valence-electron chi connectivity index (χ1n) is 8.84. The molecule has 1 fully saturated rings. The fourth-order valence-corrected chi connectivity index (χ4v) is 3.13. The average molecular weight is 338 g/mol. The zero-order valence-electron chi connectivity index (χ0n) is 14.6. The van der Waals surface area contributed by atoms with Crippen molar-refractivity contribution in [2.45, 2.75) is 39.2 Å². The molecule has 1 aromatic rings. The monoisotopic (exact) mass is 338 g/mol. The van der Waals surface area contributed by atoms with Gasteiger partial charge >= 0.3 is 0 Å². The van der Waals surface area contributed by atoms with E-state index in [9.17, 15) is 8.78 Å². The van der Waals surface area contributed by atoms with Crippen LogP contribution in [0.2, 0.25) is 0 Å². The highest BCUT2D eigenvalue weighted by Crippen LogP contribution is 2.16. The minimum atomic E-state index is -0.497. The number of hydrogen-bond donors (Lipinski definition) is 2. The summed E-state index contributed by atoms with van der Waals surface area (Å²) in [6.07, 6.45) is 2.69. The van der Waals surface area contributed by atoms with Crippen molar-refractivity contribution in [1.82, 2.24) is 15.5 Å².